The van der Waals surface area contributed by atoms with Crippen LogP contribution in [0.15, 0.2) is 18.2 Å². The Morgan fingerprint density at radius 1 is 1.25 bits per heavy atom. The highest BCUT2D eigenvalue weighted by molar-refractivity contribution is 5.19. The molecule has 0 aromatic heterocycles. The second kappa shape index (κ2) is 5.94. The molecule has 0 amide bonds. The normalized spacial score (nSPS) is 14.8. The fourth-order valence-corrected chi connectivity index (χ4v) is 1.75. The van der Waals surface area contributed by atoms with Crippen molar-refractivity contribution in [2.24, 2.45) is 5.92 Å². The van der Waals surface area contributed by atoms with Crippen molar-refractivity contribution in [2.45, 2.75) is 33.2 Å². The molecule has 1 N–H and O–H groups in total. The highest BCUT2D eigenvalue weighted by Gasteiger charge is 2.15. The predicted octanol–water partition coefficient (Wildman–Crippen LogP) is 3.14. The zero-order valence-electron chi connectivity index (χ0n) is 10.1. The molecule has 1 nitrogen and oxygen atoms in total. The molecule has 0 aliphatic carbocycles. The summed E-state index contributed by atoms with van der Waals surface area (Å²) in [4.78, 5) is 0. The minimum Gasteiger partial charge on any atom is -0.314 e. The minimum atomic E-state index is -0.763. The molecule has 1 aromatic carbocycles. The zero-order chi connectivity index (χ0) is 12.1. The van der Waals surface area contributed by atoms with E-state index in [2.05, 4.69) is 12.2 Å². The summed E-state index contributed by atoms with van der Waals surface area (Å²) in [5.74, 6) is -1.20. The van der Waals surface area contributed by atoms with Crippen molar-refractivity contribution >= 4 is 0 Å². The molecule has 2 unspecified atom stereocenters. The molecule has 0 aliphatic heterocycles. The van der Waals surface area contributed by atoms with Gasteiger partial charge in [-0.05, 0) is 37.4 Å². The highest BCUT2D eigenvalue weighted by Crippen LogP contribution is 2.17. The second-order valence-electron chi connectivity index (χ2n) is 4.24. The molecule has 0 spiro atoms. The van der Waals surface area contributed by atoms with Crippen LogP contribution in [0.5, 0.6) is 0 Å². The van der Waals surface area contributed by atoms with Crippen LogP contribution in [0, 0.1) is 17.6 Å². The van der Waals surface area contributed by atoms with Gasteiger partial charge in [0.2, 0.25) is 0 Å². The monoisotopic (exact) mass is 227 g/mol. The average Bonchev–Trinajstić information content (AvgIpc) is 2.25. The molecule has 1 rings (SSSR count). The Morgan fingerprint density at radius 2 is 1.94 bits per heavy atom. The fraction of sp³-hybridized carbons (Fsp3) is 0.538. The Labute approximate surface area is 95.9 Å². The Morgan fingerprint density at radius 3 is 2.56 bits per heavy atom. The Bertz CT molecular complexity index is 339. The van der Waals surface area contributed by atoms with Crippen molar-refractivity contribution in [3.63, 3.8) is 0 Å². The fourth-order valence-electron chi connectivity index (χ4n) is 1.75. The van der Waals surface area contributed by atoms with E-state index in [1.807, 2.05) is 13.8 Å². The molecule has 0 saturated heterocycles. The molecule has 1 aromatic rings. The molecule has 3 heteroatoms. The molecule has 0 radical (unpaired) electrons. The van der Waals surface area contributed by atoms with Gasteiger partial charge in [-0.1, -0.05) is 26.0 Å². The van der Waals surface area contributed by atoms with Gasteiger partial charge in [0.05, 0.1) is 0 Å². The van der Waals surface area contributed by atoms with Gasteiger partial charge >= 0.3 is 0 Å². The summed E-state index contributed by atoms with van der Waals surface area (Å²) < 4.78 is 26.4. The smallest absolute Gasteiger partial charge is 0.162 e. The van der Waals surface area contributed by atoms with Gasteiger partial charge in [-0.25, -0.2) is 8.78 Å². The van der Waals surface area contributed by atoms with Crippen LogP contribution in [-0.2, 0) is 6.42 Å². The minimum absolute atomic E-state index is 0.274. The van der Waals surface area contributed by atoms with Crippen LogP contribution >= 0.6 is 0 Å². The summed E-state index contributed by atoms with van der Waals surface area (Å²) in [6.45, 7) is 7.02. The van der Waals surface area contributed by atoms with E-state index >= 15 is 0 Å². The summed E-state index contributed by atoms with van der Waals surface area (Å²) >= 11 is 0. The van der Waals surface area contributed by atoms with Gasteiger partial charge in [-0.15, -0.1) is 0 Å². The SMILES string of the molecule is CCNC(C)C(C)Cc1cccc(F)c1F. The van der Waals surface area contributed by atoms with E-state index in [0.717, 1.165) is 12.6 Å². The maximum absolute atomic E-state index is 13.4. The average molecular weight is 227 g/mol. The lowest BCUT2D eigenvalue weighted by Gasteiger charge is -2.20. The molecule has 0 bridgehead atoms. The van der Waals surface area contributed by atoms with Crippen LogP contribution in [0.4, 0.5) is 8.78 Å². The van der Waals surface area contributed by atoms with Crippen molar-refractivity contribution < 1.29 is 8.78 Å². The van der Waals surface area contributed by atoms with E-state index < -0.39 is 11.6 Å². The van der Waals surface area contributed by atoms with E-state index in [0.29, 0.717) is 18.0 Å². The molecule has 0 heterocycles. The third kappa shape index (κ3) is 3.27. The number of hydrogen-bond donors (Lipinski definition) is 1. The highest BCUT2D eigenvalue weighted by atomic mass is 19.2. The van der Waals surface area contributed by atoms with Crippen molar-refractivity contribution in [3.05, 3.63) is 35.4 Å². The van der Waals surface area contributed by atoms with Gasteiger partial charge < -0.3 is 5.32 Å². The standard InChI is InChI=1S/C13H19F2N/c1-4-16-10(3)9(2)8-11-6-5-7-12(14)13(11)15/h5-7,9-10,16H,4,8H2,1-3H3. The Balaban J connectivity index is 2.69. The molecule has 90 valence electrons. The quantitative estimate of drug-likeness (QED) is 0.814. The predicted molar refractivity (Wildman–Crippen MR) is 62.4 cm³/mol. The van der Waals surface area contributed by atoms with Crippen LogP contribution in [-0.4, -0.2) is 12.6 Å². The van der Waals surface area contributed by atoms with Gasteiger partial charge in [0, 0.05) is 6.04 Å². The zero-order valence-corrected chi connectivity index (χ0v) is 10.1. The van der Waals surface area contributed by atoms with Gasteiger partial charge in [-0.2, -0.15) is 0 Å². The molecule has 0 fully saturated rings. The molecule has 0 saturated carbocycles. The van der Waals surface area contributed by atoms with Gasteiger partial charge in [0.25, 0.3) is 0 Å². The number of hydrogen-bond acceptors (Lipinski definition) is 1. The van der Waals surface area contributed by atoms with E-state index in [1.54, 1.807) is 12.1 Å². The van der Waals surface area contributed by atoms with Crippen molar-refractivity contribution in [1.82, 2.24) is 5.32 Å². The molecular weight excluding hydrogens is 208 g/mol. The van der Waals surface area contributed by atoms with Crippen LogP contribution in [0.2, 0.25) is 0 Å². The van der Waals surface area contributed by atoms with Crippen molar-refractivity contribution in [1.29, 1.82) is 0 Å². The Hall–Kier alpha value is -0.960. The van der Waals surface area contributed by atoms with Crippen LogP contribution in [0.1, 0.15) is 26.3 Å². The molecular formula is C13H19F2N. The molecule has 16 heavy (non-hydrogen) atoms. The van der Waals surface area contributed by atoms with Crippen LogP contribution in [0.3, 0.4) is 0 Å². The summed E-state index contributed by atoms with van der Waals surface area (Å²) in [7, 11) is 0. The lowest BCUT2D eigenvalue weighted by atomic mass is 9.94. The third-order valence-corrected chi connectivity index (χ3v) is 2.95. The van der Waals surface area contributed by atoms with Gasteiger partial charge in [-0.3, -0.25) is 0 Å². The van der Waals surface area contributed by atoms with Gasteiger partial charge in [0.1, 0.15) is 0 Å². The third-order valence-electron chi connectivity index (χ3n) is 2.95. The lowest BCUT2D eigenvalue weighted by Crippen LogP contribution is -2.33. The first-order valence-corrected chi connectivity index (χ1v) is 5.72. The largest absolute Gasteiger partial charge is 0.314 e. The summed E-state index contributed by atoms with van der Waals surface area (Å²) in [5.41, 5.74) is 0.456. The Kier molecular flexibility index (Phi) is 4.87. The number of nitrogens with one attached hydrogen (secondary N) is 1. The van der Waals surface area contributed by atoms with E-state index in [1.165, 1.54) is 0 Å². The van der Waals surface area contributed by atoms with Crippen LogP contribution < -0.4 is 5.32 Å². The molecule has 2 atom stereocenters. The summed E-state index contributed by atoms with van der Waals surface area (Å²) in [6, 6.07) is 4.65. The maximum Gasteiger partial charge on any atom is 0.162 e. The maximum atomic E-state index is 13.4. The molecule has 0 aliphatic rings. The van der Waals surface area contributed by atoms with Crippen molar-refractivity contribution in [2.75, 3.05) is 6.54 Å². The first kappa shape index (κ1) is 13.1. The lowest BCUT2D eigenvalue weighted by molar-refractivity contribution is 0.397. The number of benzene rings is 1. The number of rotatable bonds is 5. The van der Waals surface area contributed by atoms with E-state index in [4.69, 9.17) is 0 Å². The van der Waals surface area contributed by atoms with E-state index in [9.17, 15) is 8.78 Å². The second-order valence-corrected chi connectivity index (χ2v) is 4.24. The summed E-state index contributed by atoms with van der Waals surface area (Å²) in [6.07, 6.45) is 0.553. The summed E-state index contributed by atoms with van der Waals surface area (Å²) in [5, 5.41) is 3.28. The topological polar surface area (TPSA) is 12.0 Å². The first-order chi connectivity index (χ1) is 7.56. The number of halogens is 2. The van der Waals surface area contributed by atoms with Crippen molar-refractivity contribution in [3.8, 4) is 0 Å². The van der Waals surface area contributed by atoms with Crippen LogP contribution in [0.25, 0.3) is 0 Å². The first-order valence-electron chi connectivity index (χ1n) is 5.72. The van der Waals surface area contributed by atoms with E-state index in [-0.39, 0.29) is 5.92 Å². The van der Waals surface area contributed by atoms with Gasteiger partial charge in [0.15, 0.2) is 11.6 Å².